The summed E-state index contributed by atoms with van der Waals surface area (Å²) in [6.07, 6.45) is -0.0431. The fourth-order valence-electron chi connectivity index (χ4n) is 2.94. The van der Waals surface area contributed by atoms with Crippen LogP contribution in [-0.4, -0.2) is 51.0 Å². The number of benzene rings is 1. The van der Waals surface area contributed by atoms with E-state index >= 15 is 0 Å². The van der Waals surface area contributed by atoms with E-state index in [1.165, 1.54) is 12.7 Å². The average molecular weight is 446 g/mol. The van der Waals surface area contributed by atoms with Gasteiger partial charge >= 0.3 is 6.36 Å². The second-order valence-corrected chi connectivity index (χ2v) is 8.29. The zero-order valence-electron chi connectivity index (χ0n) is 15.9. The van der Waals surface area contributed by atoms with Gasteiger partial charge in [0.15, 0.2) is 0 Å². The molecule has 1 aliphatic heterocycles. The molecule has 1 N–H and O–H groups in total. The quantitative estimate of drug-likeness (QED) is 0.623. The first kappa shape index (κ1) is 22.1. The van der Waals surface area contributed by atoms with Gasteiger partial charge in [-0.05, 0) is 43.5 Å². The highest BCUT2D eigenvalue weighted by atomic mass is 32.2. The van der Waals surface area contributed by atoms with Gasteiger partial charge in [-0.2, -0.15) is 0 Å². The molecule has 0 atom stereocenters. The number of hydrogen-bond donors (Lipinski definition) is 1. The summed E-state index contributed by atoms with van der Waals surface area (Å²) < 4.78 is 72.5. The maximum absolute atomic E-state index is 12.2. The molecule has 0 saturated carbocycles. The van der Waals surface area contributed by atoms with Crippen molar-refractivity contribution in [1.29, 1.82) is 0 Å². The van der Waals surface area contributed by atoms with Crippen LogP contribution in [0.3, 0.4) is 0 Å². The molecule has 0 unspecified atom stereocenters. The van der Waals surface area contributed by atoms with Crippen LogP contribution in [0.1, 0.15) is 19.3 Å². The van der Waals surface area contributed by atoms with Crippen molar-refractivity contribution in [2.45, 2.75) is 30.5 Å². The highest BCUT2D eigenvalue weighted by Gasteiger charge is 2.31. The van der Waals surface area contributed by atoms with Gasteiger partial charge in [0.05, 0.1) is 4.90 Å². The SMILES string of the molecule is O=S(=O)(NCCOc1cc(N2CCCCC2)ncn1)c1ccc(OC(F)(F)F)cc1. The van der Waals surface area contributed by atoms with Crippen molar-refractivity contribution in [2.24, 2.45) is 0 Å². The van der Waals surface area contributed by atoms with E-state index < -0.39 is 22.1 Å². The van der Waals surface area contributed by atoms with Gasteiger partial charge in [0.25, 0.3) is 0 Å². The smallest absolute Gasteiger partial charge is 0.476 e. The highest BCUT2D eigenvalue weighted by molar-refractivity contribution is 7.89. The normalized spacial score (nSPS) is 15.1. The molecule has 0 aliphatic carbocycles. The molecule has 8 nitrogen and oxygen atoms in total. The first-order valence-electron chi connectivity index (χ1n) is 9.28. The summed E-state index contributed by atoms with van der Waals surface area (Å²) in [6.45, 7) is 1.81. The van der Waals surface area contributed by atoms with Crippen LogP contribution in [0.4, 0.5) is 19.0 Å². The number of anilines is 1. The van der Waals surface area contributed by atoms with Gasteiger partial charge in [0.1, 0.15) is 24.5 Å². The van der Waals surface area contributed by atoms with Crippen molar-refractivity contribution < 1.29 is 31.1 Å². The van der Waals surface area contributed by atoms with Crippen LogP contribution in [0.5, 0.6) is 11.6 Å². The zero-order chi connectivity index (χ0) is 21.6. The van der Waals surface area contributed by atoms with Crippen molar-refractivity contribution in [3.05, 3.63) is 36.7 Å². The number of nitrogens with zero attached hydrogens (tertiary/aromatic N) is 3. The Bertz CT molecular complexity index is 933. The first-order valence-corrected chi connectivity index (χ1v) is 10.8. The van der Waals surface area contributed by atoms with Crippen molar-refractivity contribution in [3.63, 3.8) is 0 Å². The van der Waals surface area contributed by atoms with E-state index in [1.807, 2.05) is 0 Å². The van der Waals surface area contributed by atoms with Gasteiger partial charge in [-0.3, -0.25) is 0 Å². The molecule has 1 aromatic heterocycles. The summed E-state index contributed by atoms with van der Waals surface area (Å²) in [5.74, 6) is 0.595. The number of ether oxygens (including phenoxy) is 2. The summed E-state index contributed by atoms with van der Waals surface area (Å²) in [5, 5.41) is 0. The summed E-state index contributed by atoms with van der Waals surface area (Å²) >= 11 is 0. The monoisotopic (exact) mass is 446 g/mol. The third-order valence-electron chi connectivity index (χ3n) is 4.32. The third kappa shape index (κ3) is 6.46. The van der Waals surface area contributed by atoms with E-state index in [2.05, 4.69) is 24.3 Å². The fourth-order valence-corrected chi connectivity index (χ4v) is 3.95. The number of alkyl halides is 3. The summed E-state index contributed by atoms with van der Waals surface area (Å²) in [4.78, 5) is 10.2. The van der Waals surface area contributed by atoms with Crippen LogP contribution < -0.4 is 19.1 Å². The van der Waals surface area contributed by atoms with Crippen molar-refractivity contribution >= 4 is 15.8 Å². The van der Waals surface area contributed by atoms with E-state index in [4.69, 9.17) is 4.74 Å². The van der Waals surface area contributed by atoms with E-state index in [0.717, 1.165) is 56.0 Å². The molecule has 0 spiro atoms. The van der Waals surface area contributed by atoms with Crippen LogP contribution in [0.15, 0.2) is 41.6 Å². The molecule has 1 fully saturated rings. The summed E-state index contributed by atoms with van der Waals surface area (Å²) in [7, 11) is -3.91. The van der Waals surface area contributed by atoms with Gasteiger partial charge in [0, 0.05) is 25.7 Å². The Kier molecular flexibility index (Phi) is 6.98. The Morgan fingerprint density at radius 1 is 1.07 bits per heavy atom. The molecule has 0 radical (unpaired) electrons. The number of rotatable bonds is 8. The molecule has 2 heterocycles. The first-order chi connectivity index (χ1) is 14.2. The molecule has 1 aliphatic rings. The van der Waals surface area contributed by atoms with E-state index in [-0.39, 0.29) is 18.0 Å². The number of piperidine rings is 1. The highest BCUT2D eigenvalue weighted by Crippen LogP contribution is 2.24. The summed E-state index contributed by atoms with van der Waals surface area (Å²) in [5.41, 5.74) is 0. The number of nitrogens with one attached hydrogen (secondary N) is 1. The minimum Gasteiger partial charge on any atom is -0.476 e. The van der Waals surface area contributed by atoms with Crippen molar-refractivity contribution in [2.75, 3.05) is 31.1 Å². The maximum atomic E-state index is 12.2. The molecule has 0 bridgehead atoms. The van der Waals surface area contributed by atoms with Crippen LogP contribution >= 0.6 is 0 Å². The summed E-state index contributed by atoms with van der Waals surface area (Å²) in [6, 6.07) is 5.63. The maximum Gasteiger partial charge on any atom is 0.573 e. The fraction of sp³-hybridized carbons (Fsp3) is 0.444. The predicted octanol–water partition coefficient (Wildman–Crippen LogP) is 2.72. The Balaban J connectivity index is 1.50. The predicted molar refractivity (Wildman–Crippen MR) is 102 cm³/mol. The van der Waals surface area contributed by atoms with Gasteiger partial charge < -0.3 is 14.4 Å². The Labute approximate surface area is 172 Å². The molecule has 164 valence electrons. The second kappa shape index (κ2) is 9.47. The van der Waals surface area contributed by atoms with Crippen LogP contribution in [0, 0.1) is 0 Å². The average Bonchev–Trinajstić information content (AvgIpc) is 2.71. The largest absolute Gasteiger partial charge is 0.573 e. The standard InChI is InChI=1S/C18H21F3N4O4S/c19-18(20,21)29-14-4-6-15(7-5-14)30(26,27)24-8-11-28-17-12-16(22-13-23-17)25-9-2-1-3-10-25/h4-7,12-13,24H,1-3,8-11H2. The van der Waals surface area contributed by atoms with Gasteiger partial charge in [0.2, 0.25) is 15.9 Å². The molecule has 12 heteroatoms. The van der Waals surface area contributed by atoms with Gasteiger partial charge in [-0.15, -0.1) is 13.2 Å². The molecular weight excluding hydrogens is 425 g/mol. The van der Waals surface area contributed by atoms with Gasteiger partial charge in [-0.1, -0.05) is 0 Å². The Morgan fingerprint density at radius 3 is 2.43 bits per heavy atom. The van der Waals surface area contributed by atoms with E-state index in [1.54, 1.807) is 6.07 Å². The van der Waals surface area contributed by atoms with Crippen LogP contribution in [-0.2, 0) is 10.0 Å². The Hall–Kier alpha value is -2.60. The van der Waals surface area contributed by atoms with Crippen molar-refractivity contribution in [3.8, 4) is 11.6 Å². The van der Waals surface area contributed by atoms with E-state index in [0.29, 0.717) is 5.88 Å². The lowest BCUT2D eigenvalue weighted by Gasteiger charge is -2.27. The lowest BCUT2D eigenvalue weighted by atomic mass is 10.1. The van der Waals surface area contributed by atoms with Crippen LogP contribution in [0.2, 0.25) is 0 Å². The molecule has 0 amide bonds. The van der Waals surface area contributed by atoms with Crippen molar-refractivity contribution in [1.82, 2.24) is 14.7 Å². The Morgan fingerprint density at radius 2 is 1.77 bits per heavy atom. The zero-order valence-corrected chi connectivity index (χ0v) is 16.7. The lowest BCUT2D eigenvalue weighted by molar-refractivity contribution is -0.274. The number of aromatic nitrogens is 2. The minimum absolute atomic E-state index is 0.0188. The minimum atomic E-state index is -4.84. The van der Waals surface area contributed by atoms with E-state index in [9.17, 15) is 21.6 Å². The molecule has 2 aromatic rings. The molecule has 1 aromatic carbocycles. The molecule has 30 heavy (non-hydrogen) atoms. The van der Waals surface area contributed by atoms with Gasteiger partial charge in [-0.25, -0.2) is 23.1 Å². The lowest BCUT2D eigenvalue weighted by Crippen LogP contribution is -2.30. The molecule has 1 saturated heterocycles. The number of sulfonamides is 1. The van der Waals surface area contributed by atoms with Crippen LogP contribution in [0.25, 0.3) is 0 Å². The topological polar surface area (TPSA) is 93.7 Å². The second-order valence-electron chi connectivity index (χ2n) is 6.53. The molecule has 3 rings (SSSR count). The number of hydrogen-bond acceptors (Lipinski definition) is 7. The third-order valence-corrected chi connectivity index (χ3v) is 5.80. The molecular formula is C18H21F3N4O4S. The number of halogens is 3.